The number of likely N-dealkylation sites (tertiary alicyclic amines) is 1. The number of fused-ring (bicyclic) bond motifs is 1. The number of hydrogen-bond donors (Lipinski definition) is 0. The smallest absolute Gasteiger partial charge is 0.254 e. The van der Waals surface area contributed by atoms with Crippen LogP contribution in [-0.2, 0) is 0 Å². The lowest BCUT2D eigenvalue weighted by molar-refractivity contribution is 0.0770. The van der Waals surface area contributed by atoms with E-state index in [1.54, 1.807) is 23.1 Å². The average molecular weight is 338 g/mol. The monoisotopic (exact) mass is 338 g/mol. The highest BCUT2D eigenvalue weighted by Gasteiger charge is 2.30. The van der Waals surface area contributed by atoms with Crippen molar-refractivity contribution in [1.29, 1.82) is 5.26 Å². The van der Waals surface area contributed by atoms with E-state index in [0.717, 1.165) is 0 Å². The summed E-state index contributed by atoms with van der Waals surface area (Å²) in [5, 5.41) is 9.04. The number of nitriles is 1. The number of ether oxygens (including phenoxy) is 3. The molecule has 0 saturated carbocycles. The Bertz CT molecular complexity index is 864. The van der Waals surface area contributed by atoms with Crippen LogP contribution in [0.5, 0.6) is 17.4 Å². The molecule has 1 fully saturated rings. The predicted octanol–water partition coefficient (Wildman–Crippen LogP) is 1.37. The average Bonchev–Trinajstić information content (AvgIpc) is 3.30. The lowest BCUT2D eigenvalue weighted by Crippen LogP contribution is -2.31. The van der Waals surface area contributed by atoms with Crippen molar-refractivity contribution in [2.75, 3.05) is 19.9 Å². The summed E-state index contributed by atoms with van der Waals surface area (Å²) < 4.78 is 16.3. The van der Waals surface area contributed by atoms with Gasteiger partial charge < -0.3 is 19.1 Å². The first-order valence-corrected chi connectivity index (χ1v) is 7.81. The Hall–Kier alpha value is -3.34. The molecule has 8 heteroatoms. The number of rotatable bonds is 3. The molecular weight excluding hydrogens is 324 g/mol. The maximum atomic E-state index is 12.7. The number of nitrogens with zero attached hydrogens (tertiary/aromatic N) is 4. The Morgan fingerprint density at radius 2 is 2.12 bits per heavy atom. The maximum absolute atomic E-state index is 12.7. The zero-order chi connectivity index (χ0) is 17.2. The fraction of sp³-hybridized carbons (Fsp3) is 0.294. The van der Waals surface area contributed by atoms with E-state index in [1.807, 2.05) is 6.07 Å². The molecule has 1 atom stereocenters. The second kappa shape index (κ2) is 6.28. The van der Waals surface area contributed by atoms with Crippen LogP contribution in [0.2, 0.25) is 0 Å². The summed E-state index contributed by atoms with van der Waals surface area (Å²) >= 11 is 0. The van der Waals surface area contributed by atoms with Crippen LogP contribution in [0.25, 0.3) is 0 Å². The number of carbonyl (C=O) groups is 1. The summed E-state index contributed by atoms with van der Waals surface area (Å²) in [6.07, 6.45) is 3.36. The van der Waals surface area contributed by atoms with Crippen LogP contribution in [0.3, 0.4) is 0 Å². The second-order valence-electron chi connectivity index (χ2n) is 5.67. The fourth-order valence-electron chi connectivity index (χ4n) is 2.87. The van der Waals surface area contributed by atoms with Gasteiger partial charge in [-0.05, 0) is 18.2 Å². The second-order valence-corrected chi connectivity index (χ2v) is 5.67. The third-order valence-electron chi connectivity index (χ3n) is 4.10. The van der Waals surface area contributed by atoms with E-state index in [2.05, 4.69) is 9.97 Å². The third kappa shape index (κ3) is 2.92. The Balaban J connectivity index is 1.44. The molecular formula is C17H14N4O4. The molecule has 1 amide bonds. The van der Waals surface area contributed by atoms with Crippen LogP contribution in [-0.4, -0.2) is 46.8 Å². The summed E-state index contributed by atoms with van der Waals surface area (Å²) in [5.74, 6) is 1.33. The highest BCUT2D eigenvalue weighted by atomic mass is 16.7. The molecule has 1 aromatic carbocycles. The van der Waals surface area contributed by atoms with Crippen molar-refractivity contribution < 1.29 is 19.0 Å². The molecule has 2 aliphatic heterocycles. The van der Waals surface area contributed by atoms with Gasteiger partial charge in [0.2, 0.25) is 12.5 Å². The molecule has 4 rings (SSSR count). The first-order chi connectivity index (χ1) is 12.2. The Morgan fingerprint density at radius 3 is 3.00 bits per heavy atom. The summed E-state index contributed by atoms with van der Waals surface area (Å²) in [4.78, 5) is 22.3. The Kier molecular flexibility index (Phi) is 3.82. The van der Waals surface area contributed by atoms with Crippen LogP contribution in [0.15, 0.2) is 30.6 Å². The minimum atomic E-state index is -0.221. The van der Waals surface area contributed by atoms with Gasteiger partial charge in [0.05, 0.1) is 6.54 Å². The molecule has 0 aliphatic carbocycles. The fourth-order valence-corrected chi connectivity index (χ4v) is 2.87. The van der Waals surface area contributed by atoms with Gasteiger partial charge >= 0.3 is 0 Å². The summed E-state index contributed by atoms with van der Waals surface area (Å²) in [6, 6.07) is 7.10. The van der Waals surface area contributed by atoms with Crippen molar-refractivity contribution in [2.24, 2.45) is 0 Å². The van der Waals surface area contributed by atoms with Crippen molar-refractivity contribution in [3.05, 3.63) is 41.9 Å². The van der Waals surface area contributed by atoms with E-state index < -0.39 is 0 Å². The van der Waals surface area contributed by atoms with E-state index in [1.165, 1.54) is 12.4 Å². The SMILES string of the molecule is N#Cc1nccnc1O[C@@H]1CCN(C(=O)c2ccc3c(c2)OCO3)C1. The van der Waals surface area contributed by atoms with E-state index in [-0.39, 0.29) is 30.4 Å². The first kappa shape index (κ1) is 15.2. The van der Waals surface area contributed by atoms with Crippen molar-refractivity contribution in [3.63, 3.8) is 0 Å². The molecule has 1 aromatic heterocycles. The van der Waals surface area contributed by atoms with E-state index in [9.17, 15) is 4.79 Å². The molecule has 0 N–H and O–H groups in total. The molecule has 25 heavy (non-hydrogen) atoms. The molecule has 0 spiro atoms. The summed E-state index contributed by atoms with van der Waals surface area (Å²) in [7, 11) is 0. The van der Waals surface area contributed by atoms with E-state index in [0.29, 0.717) is 36.6 Å². The van der Waals surface area contributed by atoms with E-state index >= 15 is 0 Å². The van der Waals surface area contributed by atoms with Gasteiger partial charge in [-0.2, -0.15) is 5.26 Å². The van der Waals surface area contributed by atoms with Crippen molar-refractivity contribution in [2.45, 2.75) is 12.5 Å². The minimum absolute atomic E-state index is 0.0935. The molecule has 8 nitrogen and oxygen atoms in total. The van der Waals surface area contributed by atoms with Gasteiger partial charge in [0.1, 0.15) is 12.2 Å². The van der Waals surface area contributed by atoms with Gasteiger partial charge in [0.25, 0.3) is 11.8 Å². The highest BCUT2D eigenvalue weighted by molar-refractivity contribution is 5.95. The van der Waals surface area contributed by atoms with Crippen LogP contribution in [0.4, 0.5) is 0 Å². The summed E-state index contributed by atoms with van der Waals surface area (Å²) in [6.45, 7) is 1.17. The van der Waals surface area contributed by atoms with Crippen LogP contribution in [0.1, 0.15) is 22.5 Å². The zero-order valence-electron chi connectivity index (χ0n) is 13.2. The van der Waals surface area contributed by atoms with Gasteiger partial charge in [-0.15, -0.1) is 0 Å². The summed E-state index contributed by atoms with van der Waals surface area (Å²) in [5.41, 5.74) is 0.685. The van der Waals surface area contributed by atoms with Crippen LogP contribution < -0.4 is 14.2 Å². The normalized spacial score (nSPS) is 18.0. The first-order valence-electron chi connectivity index (χ1n) is 7.81. The predicted molar refractivity (Wildman–Crippen MR) is 84.2 cm³/mol. The minimum Gasteiger partial charge on any atom is -0.470 e. The van der Waals surface area contributed by atoms with E-state index in [4.69, 9.17) is 19.5 Å². The van der Waals surface area contributed by atoms with Crippen molar-refractivity contribution in [3.8, 4) is 23.4 Å². The standard InChI is InChI=1S/C17H14N4O4/c18-8-13-16(20-5-4-19-13)25-12-3-6-21(9-12)17(22)11-1-2-14-15(7-11)24-10-23-14/h1-2,4-5,7,12H,3,6,9-10H2/t12-/m1/s1. The van der Waals surface area contributed by atoms with Gasteiger partial charge in [-0.1, -0.05) is 0 Å². The van der Waals surface area contributed by atoms with Crippen molar-refractivity contribution in [1.82, 2.24) is 14.9 Å². The quantitative estimate of drug-likeness (QED) is 0.833. The molecule has 1 saturated heterocycles. The Labute approximate surface area is 143 Å². The van der Waals surface area contributed by atoms with Crippen LogP contribution in [0, 0.1) is 11.3 Å². The molecule has 2 aromatic rings. The number of carbonyl (C=O) groups excluding carboxylic acids is 1. The van der Waals surface area contributed by atoms with Crippen molar-refractivity contribution >= 4 is 5.91 Å². The largest absolute Gasteiger partial charge is 0.470 e. The number of amides is 1. The molecule has 0 bridgehead atoms. The van der Waals surface area contributed by atoms with Gasteiger partial charge in [0, 0.05) is 30.9 Å². The third-order valence-corrected chi connectivity index (χ3v) is 4.10. The number of benzene rings is 1. The molecule has 0 unspecified atom stereocenters. The number of aromatic nitrogens is 2. The van der Waals surface area contributed by atoms with Gasteiger partial charge in [-0.3, -0.25) is 4.79 Å². The topological polar surface area (TPSA) is 97.6 Å². The van der Waals surface area contributed by atoms with Gasteiger partial charge in [0.15, 0.2) is 11.5 Å². The zero-order valence-corrected chi connectivity index (χ0v) is 13.2. The maximum Gasteiger partial charge on any atom is 0.254 e. The molecule has 126 valence electrons. The molecule has 3 heterocycles. The number of hydrogen-bond acceptors (Lipinski definition) is 7. The van der Waals surface area contributed by atoms with Crippen LogP contribution >= 0.6 is 0 Å². The molecule has 0 radical (unpaired) electrons. The van der Waals surface area contributed by atoms with Gasteiger partial charge in [-0.25, -0.2) is 9.97 Å². The Morgan fingerprint density at radius 1 is 1.28 bits per heavy atom. The molecule has 2 aliphatic rings. The lowest BCUT2D eigenvalue weighted by atomic mass is 10.2. The highest BCUT2D eigenvalue weighted by Crippen LogP contribution is 2.33. The lowest BCUT2D eigenvalue weighted by Gasteiger charge is -2.17.